The summed E-state index contributed by atoms with van der Waals surface area (Å²) < 4.78 is 0. The van der Waals surface area contributed by atoms with Crippen LogP contribution in [0.25, 0.3) is 0 Å². The first kappa shape index (κ1) is 16.4. The Kier molecular flexibility index (Phi) is 10.1. The Hall–Kier alpha value is 0.310. The molecule has 1 saturated heterocycles. The molecule has 108 valence electrons. The predicted octanol–water partition coefficient (Wildman–Crippen LogP) is 5.00. The second kappa shape index (κ2) is 11.2. The van der Waals surface area contributed by atoms with Crippen molar-refractivity contribution in [3.8, 4) is 0 Å². The average Bonchev–Trinajstić information content (AvgIpc) is 2.43. The van der Waals surface area contributed by atoms with E-state index in [0.29, 0.717) is 0 Å². The van der Waals surface area contributed by atoms with E-state index >= 15 is 0 Å². The first-order valence-corrected chi connectivity index (χ1v) is 9.28. The van der Waals surface area contributed by atoms with Crippen LogP contribution >= 0.6 is 11.8 Å². The molecule has 0 spiro atoms. The Morgan fingerprint density at radius 3 is 2.56 bits per heavy atom. The zero-order valence-corrected chi connectivity index (χ0v) is 13.4. The highest BCUT2D eigenvalue weighted by molar-refractivity contribution is 8.00. The second-order valence-electron chi connectivity index (χ2n) is 5.67. The molecule has 0 aliphatic carbocycles. The topological polar surface area (TPSA) is 12.0 Å². The van der Waals surface area contributed by atoms with E-state index in [-0.39, 0.29) is 0 Å². The highest BCUT2D eigenvalue weighted by atomic mass is 32.2. The molecule has 1 nitrogen and oxygen atoms in total. The van der Waals surface area contributed by atoms with Gasteiger partial charge >= 0.3 is 0 Å². The van der Waals surface area contributed by atoms with Gasteiger partial charge in [0.25, 0.3) is 0 Å². The Morgan fingerprint density at radius 1 is 1.06 bits per heavy atom. The maximum atomic E-state index is 3.81. The zero-order valence-electron chi connectivity index (χ0n) is 12.5. The fraction of sp³-hybridized carbons (Fsp3) is 1.00. The molecule has 2 unspecified atom stereocenters. The van der Waals surface area contributed by atoms with Gasteiger partial charge in [0.05, 0.1) is 0 Å². The van der Waals surface area contributed by atoms with E-state index in [1.54, 1.807) is 0 Å². The molecule has 1 aliphatic rings. The molecule has 1 fully saturated rings. The van der Waals surface area contributed by atoms with Crippen molar-refractivity contribution in [2.45, 2.75) is 89.3 Å². The summed E-state index contributed by atoms with van der Waals surface area (Å²) in [5, 5.41) is 4.71. The van der Waals surface area contributed by atoms with Gasteiger partial charge in [0.15, 0.2) is 0 Å². The monoisotopic (exact) mass is 271 g/mol. The Bertz CT molecular complexity index is 178. The third-order valence-electron chi connectivity index (χ3n) is 3.94. The van der Waals surface area contributed by atoms with Crippen molar-refractivity contribution in [3.05, 3.63) is 0 Å². The minimum absolute atomic E-state index is 0.789. The summed E-state index contributed by atoms with van der Waals surface area (Å²) in [6, 6.07) is 0.789. The molecule has 0 radical (unpaired) electrons. The van der Waals surface area contributed by atoms with Gasteiger partial charge in [0.1, 0.15) is 0 Å². The van der Waals surface area contributed by atoms with Crippen LogP contribution in [0.1, 0.15) is 78.1 Å². The average molecular weight is 272 g/mol. The van der Waals surface area contributed by atoms with Gasteiger partial charge in [0.2, 0.25) is 0 Å². The number of rotatable bonds is 10. The molecule has 1 aliphatic heterocycles. The summed E-state index contributed by atoms with van der Waals surface area (Å²) in [6.45, 7) is 5.78. The summed E-state index contributed by atoms with van der Waals surface area (Å²) in [6.07, 6.45) is 14.1. The first-order valence-electron chi connectivity index (χ1n) is 8.23. The summed E-state index contributed by atoms with van der Waals surface area (Å²) in [7, 11) is 0. The molecule has 0 aromatic heterocycles. The van der Waals surface area contributed by atoms with E-state index in [0.717, 1.165) is 11.3 Å². The summed E-state index contributed by atoms with van der Waals surface area (Å²) in [5.41, 5.74) is 0. The highest BCUT2D eigenvalue weighted by Gasteiger charge is 2.22. The predicted molar refractivity (Wildman–Crippen MR) is 85.6 cm³/mol. The van der Waals surface area contributed by atoms with Gasteiger partial charge in [-0.1, -0.05) is 52.4 Å². The zero-order chi connectivity index (χ0) is 13.1. The van der Waals surface area contributed by atoms with Gasteiger partial charge in [-0.3, -0.25) is 0 Å². The van der Waals surface area contributed by atoms with Crippen LogP contribution in [0.15, 0.2) is 0 Å². The van der Waals surface area contributed by atoms with Gasteiger partial charge in [-0.2, -0.15) is 11.8 Å². The van der Waals surface area contributed by atoms with Crippen LogP contribution in [-0.4, -0.2) is 23.6 Å². The van der Waals surface area contributed by atoms with Crippen molar-refractivity contribution in [3.63, 3.8) is 0 Å². The lowest BCUT2D eigenvalue weighted by Crippen LogP contribution is -2.39. The normalized spacial score (nSPS) is 22.0. The highest BCUT2D eigenvalue weighted by Crippen LogP contribution is 2.29. The minimum atomic E-state index is 0.789. The third kappa shape index (κ3) is 7.04. The Morgan fingerprint density at radius 2 is 1.89 bits per heavy atom. The van der Waals surface area contributed by atoms with Crippen LogP contribution in [0.3, 0.4) is 0 Å². The van der Waals surface area contributed by atoms with Crippen molar-refractivity contribution >= 4 is 11.8 Å². The van der Waals surface area contributed by atoms with Crippen LogP contribution in [0, 0.1) is 0 Å². The van der Waals surface area contributed by atoms with Gasteiger partial charge in [0, 0.05) is 11.3 Å². The standard InChI is InChI=1S/C16H33NS/c1-3-5-6-7-8-11-15(17-13-4-2)16-12-9-10-14-18-16/h15-17H,3-14H2,1-2H3. The lowest BCUT2D eigenvalue weighted by molar-refractivity contribution is 0.421. The maximum Gasteiger partial charge on any atom is 0.0201 e. The van der Waals surface area contributed by atoms with E-state index in [9.17, 15) is 0 Å². The van der Waals surface area contributed by atoms with Crippen molar-refractivity contribution < 1.29 is 0 Å². The lowest BCUT2D eigenvalue weighted by atomic mass is 10.00. The minimum Gasteiger partial charge on any atom is -0.313 e. The number of hydrogen-bond donors (Lipinski definition) is 1. The largest absolute Gasteiger partial charge is 0.313 e. The van der Waals surface area contributed by atoms with E-state index in [2.05, 4.69) is 30.9 Å². The molecular weight excluding hydrogens is 238 g/mol. The van der Waals surface area contributed by atoms with Crippen LogP contribution in [0.4, 0.5) is 0 Å². The SMILES string of the molecule is CCCCCCCC(NCCC)C1CCCCS1. The molecule has 1 heterocycles. The number of unbranched alkanes of at least 4 members (excludes halogenated alkanes) is 4. The molecule has 2 heteroatoms. The summed E-state index contributed by atoms with van der Waals surface area (Å²) in [4.78, 5) is 0. The first-order chi connectivity index (χ1) is 8.88. The fourth-order valence-electron chi connectivity index (χ4n) is 2.80. The van der Waals surface area contributed by atoms with Crippen LogP contribution in [0.2, 0.25) is 0 Å². The maximum absolute atomic E-state index is 3.81. The quantitative estimate of drug-likeness (QED) is 0.561. The molecule has 1 N–H and O–H groups in total. The summed E-state index contributed by atoms with van der Waals surface area (Å²) in [5.74, 6) is 1.39. The second-order valence-corrected chi connectivity index (χ2v) is 7.02. The fourth-order valence-corrected chi connectivity index (χ4v) is 4.27. The smallest absolute Gasteiger partial charge is 0.0201 e. The van der Waals surface area contributed by atoms with E-state index in [4.69, 9.17) is 0 Å². The molecule has 0 aromatic carbocycles. The van der Waals surface area contributed by atoms with E-state index in [1.165, 1.54) is 76.5 Å². The number of thioether (sulfide) groups is 1. The van der Waals surface area contributed by atoms with Gasteiger partial charge < -0.3 is 5.32 Å². The van der Waals surface area contributed by atoms with Gasteiger partial charge in [-0.15, -0.1) is 0 Å². The molecule has 0 aromatic rings. The molecule has 0 bridgehead atoms. The lowest BCUT2D eigenvalue weighted by Gasteiger charge is -2.30. The molecule has 0 amide bonds. The number of hydrogen-bond acceptors (Lipinski definition) is 2. The van der Waals surface area contributed by atoms with Crippen LogP contribution < -0.4 is 5.32 Å². The van der Waals surface area contributed by atoms with Crippen molar-refractivity contribution in [2.24, 2.45) is 0 Å². The molecule has 2 atom stereocenters. The summed E-state index contributed by atoms with van der Waals surface area (Å²) >= 11 is 2.23. The van der Waals surface area contributed by atoms with E-state index < -0.39 is 0 Å². The Labute approximate surface area is 119 Å². The van der Waals surface area contributed by atoms with E-state index in [1.807, 2.05) is 0 Å². The van der Waals surface area contributed by atoms with Crippen LogP contribution in [0.5, 0.6) is 0 Å². The molecule has 18 heavy (non-hydrogen) atoms. The van der Waals surface area contributed by atoms with Gasteiger partial charge in [-0.05, 0) is 38.0 Å². The third-order valence-corrected chi connectivity index (χ3v) is 5.46. The Balaban J connectivity index is 2.21. The molecule has 0 saturated carbocycles. The molecule has 1 rings (SSSR count). The van der Waals surface area contributed by atoms with Gasteiger partial charge in [-0.25, -0.2) is 0 Å². The van der Waals surface area contributed by atoms with Crippen LogP contribution in [-0.2, 0) is 0 Å². The molecular formula is C16H33NS. The van der Waals surface area contributed by atoms with Crippen molar-refractivity contribution in [1.82, 2.24) is 5.32 Å². The van der Waals surface area contributed by atoms with Crippen molar-refractivity contribution in [2.75, 3.05) is 12.3 Å². The number of nitrogens with one attached hydrogen (secondary N) is 1. The van der Waals surface area contributed by atoms with Crippen molar-refractivity contribution in [1.29, 1.82) is 0 Å².